The SMILES string of the molecule is CCCc1c(N)ncnc1N(C)C1CCC(C)CC1. The minimum atomic E-state index is 0.598. The molecule has 4 nitrogen and oxygen atoms in total. The van der Waals surface area contributed by atoms with E-state index in [1.807, 2.05) is 0 Å². The quantitative estimate of drug-likeness (QED) is 0.906. The minimum Gasteiger partial charge on any atom is -0.383 e. The van der Waals surface area contributed by atoms with E-state index < -0.39 is 0 Å². The molecule has 0 spiro atoms. The van der Waals surface area contributed by atoms with Crippen LogP contribution < -0.4 is 10.6 Å². The molecule has 4 heteroatoms. The predicted molar refractivity (Wildman–Crippen MR) is 80.3 cm³/mol. The molecule has 1 aromatic rings. The van der Waals surface area contributed by atoms with E-state index in [1.165, 1.54) is 25.7 Å². The molecule has 0 saturated heterocycles. The number of nitrogens with two attached hydrogens (primary N) is 1. The Morgan fingerprint density at radius 2 is 1.95 bits per heavy atom. The Balaban J connectivity index is 2.18. The van der Waals surface area contributed by atoms with Gasteiger partial charge in [0.15, 0.2) is 0 Å². The van der Waals surface area contributed by atoms with Crippen molar-refractivity contribution in [2.75, 3.05) is 17.7 Å². The molecule has 0 atom stereocenters. The van der Waals surface area contributed by atoms with Gasteiger partial charge >= 0.3 is 0 Å². The summed E-state index contributed by atoms with van der Waals surface area (Å²) in [5, 5.41) is 0. The van der Waals surface area contributed by atoms with Crippen molar-refractivity contribution in [2.45, 2.75) is 58.4 Å². The molecule has 1 fully saturated rings. The van der Waals surface area contributed by atoms with Crippen molar-refractivity contribution in [3.8, 4) is 0 Å². The van der Waals surface area contributed by atoms with Crippen LogP contribution in [0, 0.1) is 5.92 Å². The summed E-state index contributed by atoms with van der Waals surface area (Å²) in [5.41, 5.74) is 7.14. The summed E-state index contributed by atoms with van der Waals surface area (Å²) in [7, 11) is 2.15. The average Bonchev–Trinajstić information content (AvgIpc) is 2.41. The summed E-state index contributed by atoms with van der Waals surface area (Å²) in [6, 6.07) is 0.598. The molecule has 1 saturated carbocycles. The molecule has 106 valence electrons. The van der Waals surface area contributed by atoms with Gasteiger partial charge in [-0.2, -0.15) is 0 Å². The second-order valence-corrected chi connectivity index (χ2v) is 5.84. The number of nitrogens with zero attached hydrogens (tertiary/aromatic N) is 3. The highest BCUT2D eigenvalue weighted by atomic mass is 15.2. The summed E-state index contributed by atoms with van der Waals surface area (Å²) >= 11 is 0. The van der Waals surface area contributed by atoms with Gasteiger partial charge in [-0.3, -0.25) is 0 Å². The van der Waals surface area contributed by atoms with Gasteiger partial charge < -0.3 is 10.6 Å². The van der Waals surface area contributed by atoms with Crippen molar-refractivity contribution in [1.82, 2.24) is 9.97 Å². The Morgan fingerprint density at radius 3 is 2.58 bits per heavy atom. The number of anilines is 2. The fourth-order valence-electron chi connectivity index (χ4n) is 3.01. The summed E-state index contributed by atoms with van der Waals surface area (Å²) in [5.74, 6) is 2.55. The van der Waals surface area contributed by atoms with Gasteiger partial charge in [-0.1, -0.05) is 20.3 Å². The van der Waals surface area contributed by atoms with Crippen LogP contribution in [-0.4, -0.2) is 23.1 Å². The standard InChI is InChI=1S/C15H26N4/c1-4-5-13-14(16)17-10-18-15(13)19(3)12-8-6-11(2)7-9-12/h10-12H,4-9H2,1-3H3,(H2,16,17,18). The lowest BCUT2D eigenvalue weighted by molar-refractivity contribution is 0.339. The Morgan fingerprint density at radius 1 is 1.26 bits per heavy atom. The fraction of sp³-hybridized carbons (Fsp3) is 0.733. The van der Waals surface area contributed by atoms with E-state index in [4.69, 9.17) is 5.73 Å². The van der Waals surface area contributed by atoms with Gasteiger partial charge in [0.1, 0.15) is 18.0 Å². The van der Waals surface area contributed by atoms with Gasteiger partial charge in [-0.05, 0) is 38.0 Å². The molecule has 0 unspecified atom stereocenters. The maximum Gasteiger partial charge on any atom is 0.137 e. The van der Waals surface area contributed by atoms with Crippen molar-refractivity contribution >= 4 is 11.6 Å². The van der Waals surface area contributed by atoms with Crippen LogP contribution in [0.2, 0.25) is 0 Å². The molecule has 1 aliphatic rings. The van der Waals surface area contributed by atoms with Crippen molar-refractivity contribution in [2.24, 2.45) is 5.92 Å². The van der Waals surface area contributed by atoms with Crippen LogP contribution in [0.5, 0.6) is 0 Å². The molecule has 2 rings (SSSR count). The smallest absolute Gasteiger partial charge is 0.137 e. The van der Waals surface area contributed by atoms with E-state index in [9.17, 15) is 0 Å². The number of nitrogen functional groups attached to an aromatic ring is 1. The minimum absolute atomic E-state index is 0.598. The first-order chi connectivity index (χ1) is 9.13. The van der Waals surface area contributed by atoms with Gasteiger partial charge in [0.05, 0.1) is 0 Å². The predicted octanol–water partition coefficient (Wildman–Crippen LogP) is 3.03. The van der Waals surface area contributed by atoms with E-state index in [0.717, 1.165) is 30.1 Å². The Kier molecular flexibility index (Phi) is 4.61. The molecule has 1 heterocycles. The molecule has 2 N–H and O–H groups in total. The lowest BCUT2D eigenvalue weighted by Gasteiger charge is -2.35. The molecule has 0 amide bonds. The molecule has 0 aromatic carbocycles. The second kappa shape index (κ2) is 6.22. The maximum atomic E-state index is 6.02. The van der Waals surface area contributed by atoms with Crippen LogP contribution in [0.25, 0.3) is 0 Å². The first kappa shape index (κ1) is 14.1. The average molecular weight is 262 g/mol. The van der Waals surface area contributed by atoms with Crippen LogP contribution in [0.15, 0.2) is 6.33 Å². The molecule has 0 bridgehead atoms. The van der Waals surface area contributed by atoms with E-state index in [1.54, 1.807) is 6.33 Å². The number of rotatable bonds is 4. The Labute approximate surface area is 116 Å². The van der Waals surface area contributed by atoms with E-state index in [0.29, 0.717) is 11.9 Å². The molecular formula is C15H26N4. The van der Waals surface area contributed by atoms with Crippen molar-refractivity contribution < 1.29 is 0 Å². The van der Waals surface area contributed by atoms with Crippen LogP contribution in [0.3, 0.4) is 0 Å². The molecule has 19 heavy (non-hydrogen) atoms. The number of aromatic nitrogens is 2. The zero-order chi connectivity index (χ0) is 13.8. The highest BCUT2D eigenvalue weighted by molar-refractivity contribution is 5.56. The number of hydrogen-bond donors (Lipinski definition) is 1. The third-order valence-electron chi connectivity index (χ3n) is 4.32. The molecule has 0 radical (unpaired) electrons. The lowest BCUT2D eigenvalue weighted by Crippen LogP contribution is -2.36. The van der Waals surface area contributed by atoms with Gasteiger partial charge in [0, 0.05) is 18.7 Å². The monoisotopic (exact) mass is 262 g/mol. The van der Waals surface area contributed by atoms with E-state index in [-0.39, 0.29) is 0 Å². The topological polar surface area (TPSA) is 55.0 Å². The fourth-order valence-corrected chi connectivity index (χ4v) is 3.01. The maximum absolute atomic E-state index is 6.02. The summed E-state index contributed by atoms with van der Waals surface area (Å²) in [6.07, 6.45) is 8.76. The highest BCUT2D eigenvalue weighted by Crippen LogP contribution is 2.31. The van der Waals surface area contributed by atoms with Gasteiger partial charge in [0.25, 0.3) is 0 Å². The summed E-state index contributed by atoms with van der Waals surface area (Å²) in [6.45, 7) is 4.51. The third kappa shape index (κ3) is 3.17. The summed E-state index contributed by atoms with van der Waals surface area (Å²) in [4.78, 5) is 11.0. The number of hydrogen-bond acceptors (Lipinski definition) is 4. The lowest BCUT2D eigenvalue weighted by atomic mass is 9.86. The van der Waals surface area contributed by atoms with Crippen LogP contribution in [-0.2, 0) is 6.42 Å². The van der Waals surface area contributed by atoms with Crippen molar-refractivity contribution in [1.29, 1.82) is 0 Å². The first-order valence-corrected chi connectivity index (χ1v) is 7.45. The van der Waals surface area contributed by atoms with E-state index in [2.05, 4.69) is 35.8 Å². The molecule has 1 aromatic heterocycles. The van der Waals surface area contributed by atoms with Gasteiger partial charge in [0.2, 0.25) is 0 Å². The Bertz CT molecular complexity index is 411. The molecular weight excluding hydrogens is 236 g/mol. The van der Waals surface area contributed by atoms with Crippen LogP contribution in [0.4, 0.5) is 11.6 Å². The van der Waals surface area contributed by atoms with Crippen molar-refractivity contribution in [3.05, 3.63) is 11.9 Å². The Hall–Kier alpha value is -1.32. The van der Waals surface area contributed by atoms with E-state index >= 15 is 0 Å². The van der Waals surface area contributed by atoms with Gasteiger partial charge in [-0.15, -0.1) is 0 Å². The first-order valence-electron chi connectivity index (χ1n) is 7.45. The van der Waals surface area contributed by atoms with Crippen LogP contribution >= 0.6 is 0 Å². The highest BCUT2D eigenvalue weighted by Gasteiger charge is 2.24. The van der Waals surface area contributed by atoms with Crippen LogP contribution in [0.1, 0.15) is 51.5 Å². The normalized spacial score (nSPS) is 23.3. The zero-order valence-electron chi connectivity index (χ0n) is 12.4. The largest absolute Gasteiger partial charge is 0.383 e. The molecule has 1 aliphatic carbocycles. The zero-order valence-corrected chi connectivity index (χ0v) is 12.4. The second-order valence-electron chi connectivity index (χ2n) is 5.84. The summed E-state index contributed by atoms with van der Waals surface area (Å²) < 4.78 is 0. The third-order valence-corrected chi connectivity index (χ3v) is 4.32. The van der Waals surface area contributed by atoms with Crippen molar-refractivity contribution in [3.63, 3.8) is 0 Å². The molecule has 0 aliphatic heterocycles. The van der Waals surface area contributed by atoms with Gasteiger partial charge in [-0.25, -0.2) is 9.97 Å².